The van der Waals surface area contributed by atoms with Gasteiger partial charge in [-0.3, -0.25) is 19.3 Å². The third-order valence-corrected chi connectivity index (χ3v) is 7.39. The molecule has 0 unspecified atom stereocenters. The van der Waals surface area contributed by atoms with Gasteiger partial charge in [0, 0.05) is 14.8 Å². The molecule has 0 saturated carbocycles. The lowest BCUT2D eigenvalue weighted by atomic mass is 10.1. The smallest absolute Gasteiger partial charge is 0.294 e. The van der Waals surface area contributed by atoms with Crippen LogP contribution >= 0.6 is 56.9 Å². The SMILES string of the molecule is Cc1ccc(NC(=O)CN2C(=O)S/C(=C/c3cc(I)cc(I)c3OCc3ccccc3)C2=O)cc1. The van der Waals surface area contributed by atoms with E-state index in [1.54, 1.807) is 18.2 Å². The van der Waals surface area contributed by atoms with Gasteiger partial charge in [0.2, 0.25) is 5.91 Å². The molecule has 3 aromatic carbocycles. The van der Waals surface area contributed by atoms with Crippen LogP contribution in [0.3, 0.4) is 0 Å². The van der Waals surface area contributed by atoms with Gasteiger partial charge in [0.25, 0.3) is 11.1 Å². The Morgan fingerprint density at radius 3 is 2.49 bits per heavy atom. The first-order valence-electron chi connectivity index (χ1n) is 10.6. The highest BCUT2D eigenvalue weighted by molar-refractivity contribution is 14.1. The summed E-state index contributed by atoms with van der Waals surface area (Å²) in [6.45, 7) is 1.97. The van der Waals surface area contributed by atoms with Gasteiger partial charge in [-0.15, -0.1) is 0 Å². The number of rotatable bonds is 7. The maximum Gasteiger partial charge on any atom is 0.294 e. The highest BCUT2D eigenvalue weighted by Crippen LogP contribution is 2.36. The fraction of sp³-hybridized carbons (Fsp3) is 0.115. The Morgan fingerprint density at radius 1 is 1.06 bits per heavy atom. The highest BCUT2D eigenvalue weighted by Gasteiger charge is 2.36. The van der Waals surface area contributed by atoms with Crippen molar-refractivity contribution < 1.29 is 19.1 Å². The molecular formula is C26H20I2N2O4S. The quantitative estimate of drug-likeness (QED) is 0.225. The summed E-state index contributed by atoms with van der Waals surface area (Å²) in [6.07, 6.45) is 1.66. The standard InChI is InChI=1S/C26H20I2N2O4S/c1-16-7-9-20(10-8-16)29-23(31)14-30-25(32)22(35-26(30)33)12-18-11-19(27)13-21(28)24(18)34-15-17-5-3-2-4-6-17/h2-13H,14-15H2,1H3,(H,29,31)/b22-12+. The van der Waals surface area contributed by atoms with Crippen molar-refractivity contribution in [2.45, 2.75) is 13.5 Å². The molecule has 1 aliphatic heterocycles. The Labute approximate surface area is 234 Å². The van der Waals surface area contributed by atoms with Crippen LogP contribution in [0.5, 0.6) is 5.75 Å². The van der Waals surface area contributed by atoms with Crippen molar-refractivity contribution >= 4 is 85.8 Å². The van der Waals surface area contributed by atoms with Crippen LogP contribution < -0.4 is 10.1 Å². The summed E-state index contributed by atoms with van der Waals surface area (Å²) >= 11 is 5.23. The molecule has 0 spiro atoms. The van der Waals surface area contributed by atoms with Crippen molar-refractivity contribution in [2.75, 3.05) is 11.9 Å². The van der Waals surface area contributed by atoms with Crippen molar-refractivity contribution in [2.24, 2.45) is 0 Å². The number of ether oxygens (including phenoxy) is 1. The van der Waals surface area contributed by atoms with Crippen molar-refractivity contribution in [3.63, 3.8) is 0 Å². The Hall–Kier alpha value is -2.38. The summed E-state index contributed by atoms with van der Waals surface area (Å²) in [5.74, 6) is -0.297. The number of hydrogen-bond acceptors (Lipinski definition) is 5. The van der Waals surface area contributed by atoms with E-state index >= 15 is 0 Å². The molecule has 1 fully saturated rings. The molecule has 0 atom stereocenters. The highest BCUT2D eigenvalue weighted by atomic mass is 127. The Bertz CT molecular complexity index is 1310. The number of nitrogens with zero attached hydrogens (tertiary/aromatic N) is 1. The molecule has 3 aromatic rings. The molecule has 6 nitrogen and oxygen atoms in total. The van der Waals surface area contributed by atoms with E-state index in [2.05, 4.69) is 50.5 Å². The van der Waals surface area contributed by atoms with E-state index in [-0.39, 0.29) is 11.4 Å². The number of imide groups is 1. The van der Waals surface area contributed by atoms with E-state index in [1.807, 2.05) is 61.5 Å². The van der Waals surface area contributed by atoms with Crippen LogP contribution in [0.15, 0.2) is 71.6 Å². The molecule has 1 heterocycles. The molecule has 4 rings (SSSR count). The van der Waals surface area contributed by atoms with E-state index in [9.17, 15) is 14.4 Å². The fourth-order valence-corrected chi connectivity index (χ4v) is 6.20. The van der Waals surface area contributed by atoms with E-state index in [4.69, 9.17) is 4.74 Å². The average molecular weight is 710 g/mol. The van der Waals surface area contributed by atoms with Gasteiger partial charge in [-0.25, -0.2) is 0 Å². The predicted molar refractivity (Wildman–Crippen MR) is 155 cm³/mol. The molecule has 1 aliphatic rings. The van der Waals surface area contributed by atoms with Crippen LogP contribution in [0.25, 0.3) is 6.08 Å². The number of hydrogen-bond donors (Lipinski definition) is 1. The van der Waals surface area contributed by atoms with Crippen molar-refractivity contribution in [1.29, 1.82) is 0 Å². The largest absolute Gasteiger partial charge is 0.487 e. The van der Waals surface area contributed by atoms with Gasteiger partial charge in [-0.1, -0.05) is 48.0 Å². The number of anilines is 1. The first-order valence-corrected chi connectivity index (χ1v) is 13.6. The Morgan fingerprint density at radius 2 is 1.77 bits per heavy atom. The lowest BCUT2D eigenvalue weighted by molar-refractivity contribution is -0.127. The van der Waals surface area contributed by atoms with Gasteiger partial charge in [-0.2, -0.15) is 0 Å². The minimum atomic E-state index is -0.498. The summed E-state index contributed by atoms with van der Waals surface area (Å²) in [6, 6.07) is 21.0. The number of carbonyl (C=O) groups is 3. The molecular weight excluding hydrogens is 690 g/mol. The van der Waals surface area contributed by atoms with Crippen LogP contribution in [0.4, 0.5) is 10.5 Å². The zero-order valence-electron chi connectivity index (χ0n) is 18.6. The molecule has 35 heavy (non-hydrogen) atoms. The Kier molecular flexibility index (Phi) is 8.50. The van der Waals surface area contributed by atoms with Gasteiger partial charge in [0.1, 0.15) is 18.9 Å². The van der Waals surface area contributed by atoms with Crippen LogP contribution in [0, 0.1) is 14.1 Å². The lowest BCUT2D eigenvalue weighted by Gasteiger charge is -2.13. The number of thioether (sulfide) groups is 1. The summed E-state index contributed by atoms with van der Waals surface area (Å²) in [5.41, 5.74) is 3.40. The molecule has 9 heteroatoms. The minimum Gasteiger partial charge on any atom is -0.487 e. The zero-order chi connectivity index (χ0) is 24.9. The molecule has 1 N–H and O–H groups in total. The van der Waals surface area contributed by atoms with Gasteiger partial charge in [-0.05, 0) is 99.8 Å². The number of amides is 3. The minimum absolute atomic E-state index is 0.250. The van der Waals surface area contributed by atoms with Gasteiger partial charge < -0.3 is 10.1 Å². The second kappa shape index (κ2) is 11.6. The molecule has 0 aliphatic carbocycles. The van der Waals surface area contributed by atoms with E-state index in [1.165, 1.54) is 0 Å². The van der Waals surface area contributed by atoms with E-state index in [0.29, 0.717) is 23.6 Å². The molecule has 178 valence electrons. The first kappa shape index (κ1) is 25.7. The molecule has 3 amide bonds. The predicted octanol–water partition coefficient (Wildman–Crippen LogP) is 6.46. The van der Waals surface area contributed by atoms with Crippen LogP contribution in [0.1, 0.15) is 16.7 Å². The van der Waals surface area contributed by atoms with Gasteiger partial charge in [0.15, 0.2) is 0 Å². The van der Waals surface area contributed by atoms with Crippen LogP contribution in [0.2, 0.25) is 0 Å². The summed E-state index contributed by atoms with van der Waals surface area (Å²) in [4.78, 5) is 39.2. The number of aryl methyl sites for hydroxylation is 1. The number of benzene rings is 3. The van der Waals surface area contributed by atoms with Crippen molar-refractivity contribution in [3.8, 4) is 5.75 Å². The molecule has 0 aromatic heterocycles. The van der Waals surface area contributed by atoms with Gasteiger partial charge >= 0.3 is 0 Å². The monoisotopic (exact) mass is 710 g/mol. The van der Waals surface area contributed by atoms with E-state index < -0.39 is 17.1 Å². The van der Waals surface area contributed by atoms with Gasteiger partial charge in [0.05, 0.1) is 8.48 Å². The maximum absolute atomic E-state index is 13.0. The lowest BCUT2D eigenvalue weighted by Crippen LogP contribution is -2.36. The summed E-state index contributed by atoms with van der Waals surface area (Å²) < 4.78 is 7.98. The van der Waals surface area contributed by atoms with E-state index in [0.717, 1.165) is 34.9 Å². The number of carbonyl (C=O) groups excluding carboxylic acids is 3. The summed E-state index contributed by atoms with van der Waals surface area (Å²) in [7, 11) is 0. The van der Waals surface area contributed by atoms with Crippen LogP contribution in [-0.2, 0) is 16.2 Å². The molecule has 1 saturated heterocycles. The topological polar surface area (TPSA) is 75.7 Å². The second-order valence-corrected chi connectivity index (χ2v) is 11.2. The fourth-order valence-electron chi connectivity index (χ4n) is 3.33. The maximum atomic E-state index is 13.0. The third kappa shape index (κ3) is 6.64. The summed E-state index contributed by atoms with van der Waals surface area (Å²) in [5, 5.41) is 2.24. The normalized spacial score (nSPS) is 14.5. The van der Waals surface area contributed by atoms with Crippen molar-refractivity contribution in [3.05, 3.63) is 95.5 Å². The third-order valence-electron chi connectivity index (χ3n) is 5.06. The number of nitrogens with one attached hydrogen (secondary N) is 1. The van der Waals surface area contributed by atoms with Crippen molar-refractivity contribution in [1.82, 2.24) is 4.90 Å². The first-order chi connectivity index (χ1) is 16.8. The second-order valence-electron chi connectivity index (χ2n) is 7.76. The zero-order valence-corrected chi connectivity index (χ0v) is 23.7. The molecule has 0 radical (unpaired) electrons. The van der Waals surface area contributed by atoms with Crippen LogP contribution in [-0.4, -0.2) is 28.5 Å². The average Bonchev–Trinajstić information content (AvgIpc) is 3.08. The Balaban J connectivity index is 1.51. The number of halogens is 2. The molecule has 0 bridgehead atoms.